The summed E-state index contributed by atoms with van der Waals surface area (Å²) >= 11 is 5.85. The molecule has 1 aromatic heterocycles. The molecule has 0 saturated heterocycles. The lowest BCUT2D eigenvalue weighted by atomic mass is 10.1. The maximum Gasteiger partial charge on any atom is 0.282 e. The third kappa shape index (κ3) is 4.00. The van der Waals surface area contributed by atoms with Crippen molar-refractivity contribution in [2.45, 2.75) is 0 Å². The van der Waals surface area contributed by atoms with Crippen LogP contribution in [-0.2, 0) is 0 Å². The molecule has 0 spiro atoms. The van der Waals surface area contributed by atoms with Crippen molar-refractivity contribution in [1.82, 2.24) is 9.66 Å². The first-order valence-corrected chi connectivity index (χ1v) is 9.63. The molecule has 1 heterocycles. The Kier molecular flexibility index (Phi) is 5.68. The average Bonchev–Trinajstić information content (AvgIpc) is 2.80. The second-order valence-corrected chi connectivity index (χ2v) is 6.96. The Balaban J connectivity index is 1.93. The molecular weight excluding hydrogens is 421 g/mol. The number of nitrogens with zero attached hydrogens (tertiary/aromatic N) is 3. The average molecular weight is 438 g/mol. The number of aromatic nitrogens is 2. The van der Waals surface area contributed by atoms with Gasteiger partial charge in [-0.1, -0.05) is 29.8 Å². The number of halogens is 2. The predicted octanol–water partition coefficient (Wildman–Crippen LogP) is 4.76. The summed E-state index contributed by atoms with van der Waals surface area (Å²) in [6, 6.07) is 16.4. The van der Waals surface area contributed by atoms with Gasteiger partial charge in [-0.15, -0.1) is 0 Å². The molecule has 0 unspecified atom stereocenters. The highest BCUT2D eigenvalue weighted by Crippen LogP contribution is 2.31. The van der Waals surface area contributed by atoms with Crippen molar-refractivity contribution >= 4 is 28.7 Å². The molecule has 3 aromatic carbocycles. The first-order chi connectivity index (χ1) is 15.0. The Morgan fingerprint density at radius 1 is 1.03 bits per heavy atom. The van der Waals surface area contributed by atoms with Crippen molar-refractivity contribution in [2.75, 3.05) is 14.2 Å². The first-order valence-electron chi connectivity index (χ1n) is 9.25. The maximum atomic E-state index is 13.5. The summed E-state index contributed by atoms with van der Waals surface area (Å²) in [4.78, 5) is 17.9. The summed E-state index contributed by atoms with van der Waals surface area (Å²) in [5.41, 5.74) is 1.33. The van der Waals surface area contributed by atoms with Gasteiger partial charge in [0.25, 0.3) is 5.56 Å². The lowest BCUT2D eigenvalue weighted by molar-refractivity contribution is 0.355. The fourth-order valence-corrected chi connectivity index (χ4v) is 3.30. The molecule has 0 N–H and O–H groups in total. The molecule has 156 valence electrons. The minimum absolute atomic E-state index is 0.0342. The van der Waals surface area contributed by atoms with Gasteiger partial charge in [0.05, 0.1) is 36.4 Å². The normalized spacial score (nSPS) is 11.2. The largest absolute Gasteiger partial charge is 0.493 e. The van der Waals surface area contributed by atoms with Crippen molar-refractivity contribution < 1.29 is 13.9 Å². The Morgan fingerprint density at radius 2 is 1.81 bits per heavy atom. The minimum atomic E-state index is -0.533. The van der Waals surface area contributed by atoms with Crippen LogP contribution in [0, 0.1) is 5.82 Å². The van der Waals surface area contributed by atoms with Crippen LogP contribution in [0.4, 0.5) is 4.39 Å². The third-order valence-corrected chi connectivity index (χ3v) is 4.95. The number of rotatable bonds is 5. The fraction of sp³-hybridized carbons (Fsp3) is 0.0870. The number of benzene rings is 3. The van der Waals surface area contributed by atoms with Gasteiger partial charge in [-0.3, -0.25) is 4.79 Å². The molecule has 4 aromatic rings. The van der Waals surface area contributed by atoms with Crippen LogP contribution >= 0.6 is 11.6 Å². The molecule has 0 saturated carbocycles. The smallest absolute Gasteiger partial charge is 0.282 e. The summed E-state index contributed by atoms with van der Waals surface area (Å²) in [5.74, 6) is 0.817. The highest BCUT2D eigenvalue weighted by Gasteiger charge is 2.15. The van der Waals surface area contributed by atoms with E-state index in [4.69, 9.17) is 21.1 Å². The van der Waals surface area contributed by atoms with Crippen LogP contribution in [0.15, 0.2) is 70.6 Å². The number of hydrogen-bond donors (Lipinski definition) is 0. The molecule has 0 aliphatic rings. The van der Waals surface area contributed by atoms with Crippen molar-refractivity contribution in [2.24, 2.45) is 5.10 Å². The van der Waals surface area contributed by atoms with E-state index in [1.54, 1.807) is 49.6 Å². The number of methoxy groups -OCH3 is 2. The SMILES string of the molecule is COc1ccc(-c2nc3ccccc3c(=O)n2N=Cc2ccc(F)c(Cl)c2)cc1OC. The molecule has 6 nitrogen and oxygen atoms in total. The Labute approximate surface area is 182 Å². The highest BCUT2D eigenvalue weighted by atomic mass is 35.5. The molecule has 0 bridgehead atoms. The monoisotopic (exact) mass is 437 g/mol. The Bertz CT molecular complexity index is 1370. The van der Waals surface area contributed by atoms with Gasteiger partial charge in [-0.25, -0.2) is 9.37 Å². The number of hydrogen-bond acceptors (Lipinski definition) is 5. The zero-order valence-corrected chi connectivity index (χ0v) is 17.4. The number of ether oxygens (including phenoxy) is 2. The van der Waals surface area contributed by atoms with Crippen LogP contribution in [0.25, 0.3) is 22.3 Å². The number of para-hydroxylation sites is 1. The van der Waals surface area contributed by atoms with Crippen LogP contribution in [0.3, 0.4) is 0 Å². The Morgan fingerprint density at radius 3 is 2.55 bits per heavy atom. The molecule has 0 aliphatic heterocycles. The third-order valence-electron chi connectivity index (χ3n) is 4.66. The van der Waals surface area contributed by atoms with Gasteiger partial charge < -0.3 is 9.47 Å². The fourth-order valence-electron chi connectivity index (χ4n) is 3.11. The zero-order valence-electron chi connectivity index (χ0n) is 16.7. The van der Waals surface area contributed by atoms with E-state index < -0.39 is 5.82 Å². The zero-order chi connectivity index (χ0) is 22.0. The quantitative estimate of drug-likeness (QED) is 0.422. The molecule has 0 atom stereocenters. The van der Waals surface area contributed by atoms with Crippen LogP contribution in [0.5, 0.6) is 11.5 Å². The summed E-state index contributed by atoms with van der Waals surface area (Å²) in [5, 5.41) is 4.72. The van der Waals surface area contributed by atoms with Crippen LogP contribution < -0.4 is 15.0 Å². The maximum absolute atomic E-state index is 13.5. The van der Waals surface area contributed by atoms with E-state index in [1.807, 2.05) is 0 Å². The first kappa shape index (κ1) is 20.6. The topological polar surface area (TPSA) is 65.7 Å². The van der Waals surface area contributed by atoms with E-state index in [9.17, 15) is 9.18 Å². The van der Waals surface area contributed by atoms with Crippen molar-refractivity contribution in [3.8, 4) is 22.9 Å². The van der Waals surface area contributed by atoms with Gasteiger partial charge in [-0.2, -0.15) is 9.78 Å². The van der Waals surface area contributed by atoms with Crippen molar-refractivity contribution in [3.05, 3.63) is 87.4 Å². The predicted molar refractivity (Wildman–Crippen MR) is 119 cm³/mol. The van der Waals surface area contributed by atoms with Gasteiger partial charge in [0, 0.05) is 5.56 Å². The van der Waals surface area contributed by atoms with E-state index in [0.717, 1.165) is 0 Å². The van der Waals surface area contributed by atoms with Crippen LogP contribution in [0.1, 0.15) is 5.56 Å². The summed E-state index contributed by atoms with van der Waals surface area (Å²) < 4.78 is 25.3. The standard InChI is InChI=1S/C23H17ClFN3O3/c1-30-20-10-8-15(12-21(20)31-2)22-27-19-6-4-3-5-16(19)23(29)28(22)26-13-14-7-9-18(25)17(24)11-14/h3-13H,1-2H3. The van der Waals surface area contributed by atoms with Gasteiger partial charge in [0.1, 0.15) is 5.82 Å². The van der Waals surface area contributed by atoms with E-state index in [0.29, 0.717) is 39.4 Å². The summed E-state index contributed by atoms with van der Waals surface area (Å²) in [6.07, 6.45) is 1.42. The molecule has 0 aliphatic carbocycles. The molecular formula is C23H17ClFN3O3. The molecule has 0 fully saturated rings. The van der Waals surface area contributed by atoms with E-state index in [2.05, 4.69) is 10.1 Å². The van der Waals surface area contributed by atoms with Gasteiger partial charge in [-0.05, 0) is 48.0 Å². The molecule has 0 amide bonds. The van der Waals surface area contributed by atoms with Crippen molar-refractivity contribution in [3.63, 3.8) is 0 Å². The second kappa shape index (κ2) is 8.57. The lowest BCUT2D eigenvalue weighted by Crippen LogP contribution is -2.20. The molecule has 8 heteroatoms. The highest BCUT2D eigenvalue weighted by molar-refractivity contribution is 6.31. The Hall–Kier alpha value is -3.71. The van der Waals surface area contributed by atoms with E-state index in [-0.39, 0.29) is 10.6 Å². The van der Waals surface area contributed by atoms with Gasteiger partial charge in [0.2, 0.25) is 0 Å². The summed E-state index contributed by atoms with van der Waals surface area (Å²) in [7, 11) is 3.07. The van der Waals surface area contributed by atoms with Gasteiger partial charge >= 0.3 is 0 Å². The lowest BCUT2D eigenvalue weighted by Gasteiger charge is -2.12. The molecule has 31 heavy (non-hydrogen) atoms. The van der Waals surface area contributed by atoms with E-state index in [1.165, 1.54) is 36.2 Å². The minimum Gasteiger partial charge on any atom is -0.493 e. The molecule has 4 rings (SSSR count). The van der Waals surface area contributed by atoms with Crippen LogP contribution in [0.2, 0.25) is 5.02 Å². The van der Waals surface area contributed by atoms with Crippen molar-refractivity contribution in [1.29, 1.82) is 0 Å². The summed E-state index contributed by atoms with van der Waals surface area (Å²) in [6.45, 7) is 0. The molecule has 0 radical (unpaired) electrons. The van der Waals surface area contributed by atoms with Gasteiger partial charge in [0.15, 0.2) is 17.3 Å². The number of fused-ring (bicyclic) bond motifs is 1. The van der Waals surface area contributed by atoms with Crippen LogP contribution in [-0.4, -0.2) is 30.1 Å². The van der Waals surface area contributed by atoms with E-state index >= 15 is 0 Å². The second-order valence-electron chi connectivity index (χ2n) is 6.56.